The molecule has 0 atom stereocenters. The Morgan fingerprint density at radius 3 is 2.53 bits per heavy atom. The standard InChI is InChI=1S/C23H17N3O4/c1-28-15-8-6-14(7-9-15)23-25-21(30-26-23)13-29-16-10-11-20-18(12-16)22(27)17-4-2-3-5-19(17)24-20/h2-12H,13H2,1H3,(H,24,27). The number of benzene rings is 3. The van der Waals surface area contributed by atoms with Crippen molar-refractivity contribution in [3.05, 3.63) is 82.8 Å². The molecule has 7 nitrogen and oxygen atoms in total. The van der Waals surface area contributed by atoms with Crippen molar-refractivity contribution in [1.82, 2.24) is 15.1 Å². The molecule has 0 aliphatic heterocycles. The average molecular weight is 399 g/mol. The van der Waals surface area contributed by atoms with Crippen LogP contribution in [0.2, 0.25) is 0 Å². The Morgan fingerprint density at radius 2 is 1.70 bits per heavy atom. The maximum atomic E-state index is 12.8. The van der Waals surface area contributed by atoms with Gasteiger partial charge in [-0.2, -0.15) is 4.98 Å². The fourth-order valence-corrected chi connectivity index (χ4v) is 3.31. The summed E-state index contributed by atoms with van der Waals surface area (Å²) in [5.41, 5.74) is 2.34. The van der Waals surface area contributed by atoms with Crippen molar-refractivity contribution < 1.29 is 14.0 Å². The number of ether oxygens (including phenoxy) is 2. The number of methoxy groups -OCH3 is 1. The lowest BCUT2D eigenvalue weighted by Crippen LogP contribution is -2.04. The summed E-state index contributed by atoms with van der Waals surface area (Å²) < 4.78 is 16.2. The monoisotopic (exact) mass is 399 g/mol. The van der Waals surface area contributed by atoms with Gasteiger partial charge in [0.2, 0.25) is 5.82 Å². The van der Waals surface area contributed by atoms with Gasteiger partial charge in [-0.15, -0.1) is 0 Å². The predicted octanol–water partition coefficient (Wildman–Crippen LogP) is 4.32. The number of pyridine rings is 1. The quantitative estimate of drug-likeness (QED) is 0.443. The Bertz CT molecular complexity index is 1400. The molecule has 5 rings (SSSR count). The summed E-state index contributed by atoms with van der Waals surface area (Å²) in [5.74, 6) is 2.11. The second-order valence-electron chi connectivity index (χ2n) is 6.74. The van der Waals surface area contributed by atoms with E-state index in [0.29, 0.717) is 28.2 Å². The molecule has 0 saturated carbocycles. The lowest BCUT2D eigenvalue weighted by Gasteiger charge is -2.06. The fourth-order valence-electron chi connectivity index (χ4n) is 3.31. The van der Waals surface area contributed by atoms with Gasteiger partial charge in [-0.1, -0.05) is 17.3 Å². The number of nitrogens with one attached hydrogen (secondary N) is 1. The van der Waals surface area contributed by atoms with Crippen molar-refractivity contribution >= 4 is 21.8 Å². The van der Waals surface area contributed by atoms with Crippen LogP contribution in [0.5, 0.6) is 11.5 Å². The Kier molecular flexibility index (Phi) is 4.40. The summed E-state index contributed by atoms with van der Waals surface area (Å²) in [5, 5.41) is 5.20. The Morgan fingerprint density at radius 1 is 0.933 bits per heavy atom. The number of rotatable bonds is 5. The van der Waals surface area contributed by atoms with Gasteiger partial charge in [0.1, 0.15) is 11.5 Å². The smallest absolute Gasteiger partial charge is 0.264 e. The third-order valence-electron chi connectivity index (χ3n) is 4.86. The van der Waals surface area contributed by atoms with Gasteiger partial charge in [0.05, 0.1) is 12.6 Å². The van der Waals surface area contributed by atoms with Crippen LogP contribution in [0, 0.1) is 0 Å². The highest BCUT2D eigenvalue weighted by Crippen LogP contribution is 2.22. The summed E-state index contributed by atoms with van der Waals surface area (Å²) in [6.07, 6.45) is 0. The van der Waals surface area contributed by atoms with E-state index in [2.05, 4.69) is 15.1 Å². The maximum absolute atomic E-state index is 12.8. The number of aromatic amines is 1. The molecule has 0 spiro atoms. The summed E-state index contributed by atoms with van der Waals surface area (Å²) in [7, 11) is 1.61. The number of aromatic nitrogens is 3. The molecule has 0 unspecified atom stereocenters. The molecule has 30 heavy (non-hydrogen) atoms. The van der Waals surface area contributed by atoms with E-state index >= 15 is 0 Å². The molecule has 0 bridgehead atoms. The van der Waals surface area contributed by atoms with Crippen LogP contribution in [0.15, 0.2) is 76.0 Å². The van der Waals surface area contributed by atoms with Crippen LogP contribution in [0.25, 0.3) is 33.2 Å². The first-order valence-electron chi connectivity index (χ1n) is 9.36. The lowest BCUT2D eigenvalue weighted by molar-refractivity contribution is 0.243. The highest BCUT2D eigenvalue weighted by molar-refractivity contribution is 5.92. The zero-order chi connectivity index (χ0) is 20.5. The van der Waals surface area contributed by atoms with Crippen molar-refractivity contribution in [2.75, 3.05) is 7.11 Å². The molecule has 5 aromatic rings. The van der Waals surface area contributed by atoms with Gasteiger partial charge < -0.3 is 19.0 Å². The van der Waals surface area contributed by atoms with Crippen LogP contribution in [0.4, 0.5) is 0 Å². The molecular weight excluding hydrogens is 382 g/mol. The molecule has 2 heterocycles. The van der Waals surface area contributed by atoms with Gasteiger partial charge in [-0.05, 0) is 54.6 Å². The number of para-hydroxylation sites is 1. The van der Waals surface area contributed by atoms with Gasteiger partial charge in [0.15, 0.2) is 12.0 Å². The number of hydrogen-bond acceptors (Lipinski definition) is 6. The molecule has 2 aromatic heterocycles. The summed E-state index contributed by atoms with van der Waals surface area (Å²) in [4.78, 5) is 20.4. The van der Waals surface area contributed by atoms with Crippen LogP contribution in [0.1, 0.15) is 5.89 Å². The Hall–Kier alpha value is -4.13. The fraction of sp³-hybridized carbons (Fsp3) is 0.0870. The van der Waals surface area contributed by atoms with Crippen molar-refractivity contribution in [2.24, 2.45) is 0 Å². The topological polar surface area (TPSA) is 90.2 Å². The third-order valence-corrected chi connectivity index (χ3v) is 4.86. The van der Waals surface area contributed by atoms with E-state index in [1.807, 2.05) is 48.5 Å². The predicted molar refractivity (Wildman–Crippen MR) is 113 cm³/mol. The highest BCUT2D eigenvalue weighted by atomic mass is 16.5. The molecule has 0 aliphatic carbocycles. The van der Waals surface area contributed by atoms with E-state index in [4.69, 9.17) is 14.0 Å². The number of fused-ring (bicyclic) bond motifs is 2. The first-order valence-corrected chi connectivity index (χ1v) is 9.36. The van der Waals surface area contributed by atoms with E-state index in [0.717, 1.165) is 22.3 Å². The molecule has 0 radical (unpaired) electrons. The SMILES string of the molecule is COc1ccc(-c2noc(COc3ccc4[nH]c5ccccc5c(=O)c4c3)n2)cc1. The highest BCUT2D eigenvalue weighted by Gasteiger charge is 2.11. The molecule has 7 heteroatoms. The van der Waals surface area contributed by atoms with Crippen LogP contribution >= 0.6 is 0 Å². The molecule has 1 N–H and O–H groups in total. The van der Waals surface area contributed by atoms with Gasteiger partial charge in [0.25, 0.3) is 5.89 Å². The minimum atomic E-state index is -0.0376. The minimum absolute atomic E-state index is 0.0376. The molecule has 0 amide bonds. The van der Waals surface area contributed by atoms with Crippen LogP contribution in [-0.2, 0) is 6.61 Å². The number of H-pyrrole nitrogens is 1. The van der Waals surface area contributed by atoms with E-state index < -0.39 is 0 Å². The number of nitrogens with zero attached hydrogens (tertiary/aromatic N) is 2. The summed E-state index contributed by atoms with van der Waals surface area (Å²) >= 11 is 0. The van der Waals surface area contributed by atoms with Crippen LogP contribution in [0.3, 0.4) is 0 Å². The molecule has 0 saturated heterocycles. The molecule has 3 aromatic carbocycles. The zero-order valence-electron chi connectivity index (χ0n) is 16.1. The largest absolute Gasteiger partial charge is 0.497 e. The molecule has 148 valence electrons. The molecule has 0 aliphatic rings. The molecular formula is C23H17N3O4. The van der Waals surface area contributed by atoms with Gasteiger partial charge in [-0.25, -0.2) is 0 Å². The summed E-state index contributed by atoms with van der Waals surface area (Å²) in [6.45, 7) is 0.0974. The lowest BCUT2D eigenvalue weighted by atomic mass is 10.1. The van der Waals surface area contributed by atoms with E-state index in [1.165, 1.54) is 0 Å². The Balaban J connectivity index is 1.37. The second kappa shape index (κ2) is 7.36. The normalized spacial score (nSPS) is 11.1. The van der Waals surface area contributed by atoms with Gasteiger partial charge in [-0.3, -0.25) is 4.79 Å². The maximum Gasteiger partial charge on any atom is 0.264 e. The minimum Gasteiger partial charge on any atom is -0.497 e. The van der Waals surface area contributed by atoms with Crippen LogP contribution in [-0.4, -0.2) is 22.2 Å². The first-order chi connectivity index (χ1) is 14.7. The van der Waals surface area contributed by atoms with Crippen LogP contribution < -0.4 is 14.9 Å². The first kappa shape index (κ1) is 17.9. The second-order valence-corrected chi connectivity index (χ2v) is 6.74. The van der Waals surface area contributed by atoms with Crippen molar-refractivity contribution in [3.8, 4) is 22.9 Å². The Labute approximate surface area is 170 Å². The zero-order valence-corrected chi connectivity index (χ0v) is 16.1. The third kappa shape index (κ3) is 3.26. The van der Waals surface area contributed by atoms with Gasteiger partial charge >= 0.3 is 0 Å². The summed E-state index contributed by atoms with van der Waals surface area (Å²) in [6, 6.07) is 20.2. The van der Waals surface area contributed by atoms with Crippen molar-refractivity contribution in [3.63, 3.8) is 0 Å². The van der Waals surface area contributed by atoms with E-state index in [9.17, 15) is 4.79 Å². The van der Waals surface area contributed by atoms with Crippen molar-refractivity contribution in [2.45, 2.75) is 6.61 Å². The van der Waals surface area contributed by atoms with E-state index in [-0.39, 0.29) is 12.0 Å². The average Bonchev–Trinajstić information content (AvgIpc) is 3.27. The van der Waals surface area contributed by atoms with Gasteiger partial charge in [0, 0.05) is 21.9 Å². The van der Waals surface area contributed by atoms with E-state index in [1.54, 1.807) is 25.3 Å². The number of hydrogen-bond donors (Lipinski definition) is 1. The molecule has 0 fully saturated rings. The van der Waals surface area contributed by atoms with Crippen molar-refractivity contribution in [1.29, 1.82) is 0 Å².